The zero-order valence-corrected chi connectivity index (χ0v) is 11.8. The number of nitrogens with one attached hydrogen (secondary N) is 1. The minimum atomic E-state index is -3.79. The highest BCUT2D eigenvalue weighted by Crippen LogP contribution is 2.06. The van der Waals surface area contributed by atoms with E-state index in [1.165, 1.54) is 6.92 Å². The van der Waals surface area contributed by atoms with Gasteiger partial charge in [-0.25, -0.2) is 13.1 Å². The van der Waals surface area contributed by atoms with Crippen molar-refractivity contribution < 1.29 is 18.3 Å². The van der Waals surface area contributed by atoms with Crippen LogP contribution in [0.15, 0.2) is 0 Å². The molecule has 0 spiro atoms. The number of hydrogen-bond donors (Lipinski definition) is 2. The highest BCUT2D eigenvalue weighted by atomic mass is 32.2. The molecule has 0 aromatic carbocycles. The summed E-state index contributed by atoms with van der Waals surface area (Å²) in [5, 5.41) is 7.28. The molecular weight excluding hydrogens is 258 g/mol. The minimum absolute atomic E-state index is 0.0690. The van der Waals surface area contributed by atoms with Crippen LogP contribution < -0.4 is 4.72 Å². The van der Waals surface area contributed by atoms with Crippen LogP contribution in [0.3, 0.4) is 0 Å². The van der Waals surface area contributed by atoms with Gasteiger partial charge in [0.15, 0.2) is 5.25 Å². The number of likely N-dealkylation sites (N-methyl/N-ethyl adjacent to an activating group) is 2. The lowest BCUT2D eigenvalue weighted by Crippen LogP contribution is -2.55. The lowest BCUT2D eigenvalue weighted by molar-refractivity contribution is -0.136. The summed E-state index contributed by atoms with van der Waals surface area (Å²) in [6.07, 6.45) is 0. The van der Waals surface area contributed by atoms with Crippen LogP contribution in [0.1, 0.15) is 6.92 Å². The Bertz CT molecular complexity index is 398. The van der Waals surface area contributed by atoms with E-state index in [0.717, 1.165) is 19.6 Å². The minimum Gasteiger partial charge on any atom is -0.480 e. The van der Waals surface area contributed by atoms with Gasteiger partial charge in [-0.1, -0.05) is 0 Å². The van der Waals surface area contributed by atoms with E-state index in [2.05, 4.69) is 14.5 Å². The van der Waals surface area contributed by atoms with E-state index in [1.807, 2.05) is 14.1 Å². The molecule has 8 heteroatoms. The van der Waals surface area contributed by atoms with Gasteiger partial charge < -0.3 is 10.0 Å². The van der Waals surface area contributed by atoms with Crippen molar-refractivity contribution in [2.75, 3.05) is 40.3 Å². The first-order chi connectivity index (χ1) is 8.24. The standard InChI is InChI=1S/C10H21N3O4S/c1-8(10(14)15)18(16,17)11-6-9-7-12(2)4-5-13(9)3/h8-9,11H,4-7H2,1-3H3,(H,14,15). The first-order valence-electron chi connectivity index (χ1n) is 5.84. The molecule has 1 rings (SSSR count). The van der Waals surface area contributed by atoms with Crippen LogP contribution in [0, 0.1) is 0 Å². The van der Waals surface area contributed by atoms with Crippen molar-refractivity contribution in [1.29, 1.82) is 0 Å². The molecule has 0 saturated carbocycles. The number of aliphatic carboxylic acids is 1. The van der Waals surface area contributed by atoms with E-state index < -0.39 is 21.2 Å². The predicted octanol–water partition coefficient (Wildman–Crippen LogP) is -1.38. The summed E-state index contributed by atoms with van der Waals surface area (Å²) in [5.74, 6) is -1.34. The fourth-order valence-corrected chi connectivity index (χ4v) is 2.73. The van der Waals surface area contributed by atoms with Crippen molar-refractivity contribution in [2.24, 2.45) is 0 Å². The highest BCUT2D eigenvalue weighted by Gasteiger charge is 2.29. The van der Waals surface area contributed by atoms with E-state index >= 15 is 0 Å². The van der Waals surface area contributed by atoms with E-state index in [4.69, 9.17) is 5.11 Å². The quantitative estimate of drug-likeness (QED) is 0.645. The Kier molecular flexibility index (Phi) is 5.09. The smallest absolute Gasteiger partial charge is 0.323 e. The molecule has 0 bridgehead atoms. The van der Waals surface area contributed by atoms with Gasteiger partial charge in [0, 0.05) is 32.2 Å². The van der Waals surface area contributed by atoms with Gasteiger partial charge in [-0.15, -0.1) is 0 Å². The van der Waals surface area contributed by atoms with Gasteiger partial charge in [-0.3, -0.25) is 9.69 Å². The van der Waals surface area contributed by atoms with Crippen molar-refractivity contribution in [2.45, 2.75) is 18.2 Å². The molecule has 0 aromatic heterocycles. The molecule has 0 radical (unpaired) electrons. The first kappa shape index (κ1) is 15.4. The van der Waals surface area contributed by atoms with Crippen molar-refractivity contribution in [3.8, 4) is 0 Å². The Morgan fingerprint density at radius 1 is 1.44 bits per heavy atom. The fourth-order valence-electron chi connectivity index (χ4n) is 1.79. The van der Waals surface area contributed by atoms with Gasteiger partial charge in [-0.2, -0.15) is 0 Å². The third-order valence-corrected chi connectivity index (χ3v) is 5.02. The molecule has 7 nitrogen and oxygen atoms in total. The second kappa shape index (κ2) is 5.96. The average Bonchev–Trinajstić information content (AvgIpc) is 2.29. The van der Waals surface area contributed by atoms with Gasteiger partial charge in [0.05, 0.1) is 0 Å². The van der Waals surface area contributed by atoms with Gasteiger partial charge in [0.2, 0.25) is 10.0 Å². The van der Waals surface area contributed by atoms with Crippen LogP contribution in [0.2, 0.25) is 0 Å². The fraction of sp³-hybridized carbons (Fsp3) is 0.900. The van der Waals surface area contributed by atoms with E-state index in [9.17, 15) is 13.2 Å². The summed E-state index contributed by atoms with van der Waals surface area (Å²) < 4.78 is 25.7. The van der Waals surface area contributed by atoms with Crippen molar-refractivity contribution in [3.05, 3.63) is 0 Å². The predicted molar refractivity (Wildman–Crippen MR) is 67.9 cm³/mol. The van der Waals surface area contributed by atoms with Crippen LogP contribution in [0.4, 0.5) is 0 Å². The number of sulfonamides is 1. The lowest BCUT2D eigenvalue weighted by Gasteiger charge is -2.37. The number of carboxylic acids is 1. The molecule has 1 aliphatic rings. The molecule has 1 aliphatic heterocycles. The Morgan fingerprint density at radius 3 is 2.61 bits per heavy atom. The van der Waals surface area contributed by atoms with E-state index in [0.29, 0.717) is 0 Å². The summed E-state index contributed by atoms with van der Waals surface area (Å²) in [5.41, 5.74) is 0. The molecule has 1 heterocycles. The number of carboxylic acid groups (broad SMARTS) is 1. The molecule has 2 atom stereocenters. The second-order valence-electron chi connectivity index (χ2n) is 4.77. The molecule has 2 N–H and O–H groups in total. The summed E-state index contributed by atoms with van der Waals surface area (Å²) in [6, 6.07) is 0.0690. The average molecular weight is 279 g/mol. The third-order valence-electron chi connectivity index (χ3n) is 3.31. The zero-order chi connectivity index (χ0) is 13.9. The van der Waals surface area contributed by atoms with Gasteiger partial charge >= 0.3 is 5.97 Å². The molecule has 0 amide bonds. The maximum atomic E-state index is 11.7. The normalized spacial score (nSPS) is 24.9. The van der Waals surface area contributed by atoms with Gasteiger partial charge in [0.1, 0.15) is 0 Å². The molecule has 1 saturated heterocycles. The molecular formula is C10H21N3O4S. The van der Waals surface area contributed by atoms with Crippen molar-refractivity contribution in [3.63, 3.8) is 0 Å². The molecule has 106 valence electrons. The molecule has 2 unspecified atom stereocenters. The monoisotopic (exact) mass is 279 g/mol. The Labute approximate surface area is 108 Å². The van der Waals surface area contributed by atoms with E-state index in [1.54, 1.807) is 0 Å². The largest absolute Gasteiger partial charge is 0.480 e. The van der Waals surface area contributed by atoms with Crippen molar-refractivity contribution >= 4 is 16.0 Å². The molecule has 0 aliphatic carbocycles. The number of rotatable bonds is 5. The van der Waals surface area contributed by atoms with E-state index in [-0.39, 0.29) is 12.6 Å². The number of nitrogens with zero attached hydrogens (tertiary/aromatic N) is 2. The molecule has 18 heavy (non-hydrogen) atoms. The molecule has 0 aromatic rings. The zero-order valence-electron chi connectivity index (χ0n) is 11.0. The first-order valence-corrected chi connectivity index (χ1v) is 7.38. The lowest BCUT2D eigenvalue weighted by atomic mass is 10.2. The van der Waals surface area contributed by atoms with Crippen LogP contribution >= 0.6 is 0 Å². The van der Waals surface area contributed by atoms with Crippen LogP contribution in [0.25, 0.3) is 0 Å². The van der Waals surface area contributed by atoms with Crippen LogP contribution in [-0.4, -0.2) is 80.9 Å². The number of carbonyl (C=O) groups is 1. The second-order valence-corrected chi connectivity index (χ2v) is 6.86. The Hall–Kier alpha value is -0.700. The third kappa shape index (κ3) is 3.91. The maximum Gasteiger partial charge on any atom is 0.323 e. The summed E-state index contributed by atoms with van der Waals surface area (Å²) in [6.45, 7) is 3.99. The maximum absolute atomic E-state index is 11.7. The Morgan fingerprint density at radius 2 is 2.06 bits per heavy atom. The van der Waals surface area contributed by atoms with Crippen LogP contribution in [-0.2, 0) is 14.8 Å². The number of hydrogen-bond acceptors (Lipinski definition) is 5. The summed E-state index contributed by atoms with van der Waals surface area (Å²) in [4.78, 5) is 14.9. The van der Waals surface area contributed by atoms with Crippen LogP contribution in [0.5, 0.6) is 0 Å². The van der Waals surface area contributed by atoms with Crippen molar-refractivity contribution in [1.82, 2.24) is 14.5 Å². The van der Waals surface area contributed by atoms with Gasteiger partial charge in [0.25, 0.3) is 0 Å². The molecule has 1 fully saturated rings. The topological polar surface area (TPSA) is 89.9 Å². The summed E-state index contributed by atoms with van der Waals surface area (Å²) >= 11 is 0. The number of piperazine rings is 1. The Balaban J connectivity index is 2.56. The highest BCUT2D eigenvalue weighted by molar-refractivity contribution is 7.90. The van der Waals surface area contributed by atoms with Gasteiger partial charge in [-0.05, 0) is 21.0 Å². The SMILES string of the molecule is CC(C(=O)O)S(=O)(=O)NCC1CN(C)CCN1C. The summed E-state index contributed by atoms with van der Waals surface area (Å²) in [7, 11) is 0.123.